The molecule has 37 heavy (non-hydrogen) atoms. The Labute approximate surface area is 211 Å². The van der Waals surface area contributed by atoms with Crippen LogP contribution in [-0.2, 0) is 26.0 Å². The molecule has 0 saturated carbocycles. The maximum absolute atomic E-state index is 13.2. The molecule has 2 heterocycles. The number of anilines is 1. The van der Waals surface area contributed by atoms with Crippen LogP contribution in [0.5, 0.6) is 5.75 Å². The first-order valence-corrected chi connectivity index (χ1v) is 13.4. The van der Waals surface area contributed by atoms with E-state index in [9.17, 15) is 31.2 Å². The van der Waals surface area contributed by atoms with Gasteiger partial charge in [0, 0.05) is 35.9 Å². The summed E-state index contributed by atoms with van der Waals surface area (Å²) in [7, 11) is -4.12. The highest BCUT2D eigenvalue weighted by atomic mass is 32.2. The Morgan fingerprint density at radius 1 is 0.946 bits per heavy atom. The Balaban J connectivity index is 1.49. The van der Waals surface area contributed by atoms with Crippen LogP contribution in [0.4, 0.5) is 18.9 Å². The third-order valence-corrected chi connectivity index (χ3v) is 7.68. The summed E-state index contributed by atoms with van der Waals surface area (Å²) in [6.45, 7) is 1.33. The van der Waals surface area contributed by atoms with Gasteiger partial charge in [-0.05, 0) is 43.2 Å². The fraction of sp³-hybridized carbons (Fsp3) is 0.360. The van der Waals surface area contributed by atoms with Gasteiger partial charge in [-0.1, -0.05) is 31.0 Å². The fourth-order valence-corrected chi connectivity index (χ4v) is 5.71. The molecule has 1 aliphatic heterocycles. The summed E-state index contributed by atoms with van der Waals surface area (Å²) in [6, 6.07) is 11.1. The van der Waals surface area contributed by atoms with Gasteiger partial charge in [-0.2, -0.15) is 0 Å². The highest BCUT2D eigenvalue weighted by Crippen LogP contribution is 2.27. The van der Waals surface area contributed by atoms with Crippen molar-refractivity contribution in [3.8, 4) is 5.75 Å². The molecule has 0 atom stereocenters. The van der Waals surface area contributed by atoms with E-state index in [4.69, 9.17) is 0 Å². The highest BCUT2D eigenvalue weighted by Gasteiger charge is 2.31. The number of hydrogen-bond donors (Lipinski definition) is 1. The summed E-state index contributed by atoms with van der Waals surface area (Å²) in [5.74, 6) is -2.31. The van der Waals surface area contributed by atoms with E-state index in [-0.39, 0.29) is 23.0 Å². The quantitative estimate of drug-likeness (QED) is 0.483. The molecular weight excluding hydrogens is 511 g/mol. The minimum atomic E-state index is -4.85. The number of amides is 2. The van der Waals surface area contributed by atoms with Gasteiger partial charge in [0.15, 0.2) is 9.84 Å². The number of nitrogens with one attached hydrogen (secondary N) is 1. The SMILES string of the molecule is O=C(CS(=O)(=O)c1cn(CC(=O)N2CCCCCC2)c2ccccc12)Nc1ccc(OC(F)(F)F)cc1. The lowest BCUT2D eigenvalue weighted by molar-refractivity contribution is -0.274. The number of carbonyl (C=O) groups is 2. The van der Waals surface area contributed by atoms with Gasteiger partial charge in [-0.3, -0.25) is 9.59 Å². The number of likely N-dealkylation sites (tertiary alicyclic amines) is 1. The van der Waals surface area contributed by atoms with Gasteiger partial charge in [-0.25, -0.2) is 8.42 Å². The Bertz CT molecular complexity index is 1380. The van der Waals surface area contributed by atoms with Gasteiger partial charge in [0.25, 0.3) is 0 Å². The second-order valence-electron chi connectivity index (χ2n) is 8.81. The van der Waals surface area contributed by atoms with E-state index in [0.29, 0.717) is 24.0 Å². The van der Waals surface area contributed by atoms with Crippen molar-refractivity contribution in [1.29, 1.82) is 0 Å². The van der Waals surface area contributed by atoms with E-state index >= 15 is 0 Å². The molecule has 8 nitrogen and oxygen atoms in total. The van der Waals surface area contributed by atoms with Gasteiger partial charge >= 0.3 is 6.36 Å². The summed E-state index contributed by atoms with van der Waals surface area (Å²) in [5, 5.41) is 2.77. The van der Waals surface area contributed by atoms with E-state index in [1.807, 2.05) is 0 Å². The maximum atomic E-state index is 13.2. The minimum Gasteiger partial charge on any atom is -0.406 e. The van der Waals surface area contributed by atoms with Crippen molar-refractivity contribution in [1.82, 2.24) is 9.47 Å². The van der Waals surface area contributed by atoms with E-state index < -0.39 is 33.6 Å². The first kappa shape index (κ1) is 26.5. The molecule has 0 unspecified atom stereocenters. The van der Waals surface area contributed by atoms with Gasteiger partial charge in [-0.15, -0.1) is 13.2 Å². The van der Waals surface area contributed by atoms with E-state index in [1.54, 1.807) is 33.7 Å². The molecule has 3 aromatic rings. The van der Waals surface area contributed by atoms with Gasteiger partial charge in [0.2, 0.25) is 11.8 Å². The summed E-state index contributed by atoms with van der Waals surface area (Å²) < 4.78 is 68.7. The molecular formula is C25H26F3N3O5S. The first-order valence-electron chi connectivity index (χ1n) is 11.8. The van der Waals surface area contributed by atoms with Crippen molar-refractivity contribution in [2.45, 2.75) is 43.5 Å². The fourth-order valence-electron chi connectivity index (χ4n) is 4.34. The lowest BCUT2D eigenvalue weighted by Crippen LogP contribution is -2.34. The molecule has 2 aromatic carbocycles. The van der Waals surface area contributed by atoms with Crippen LogP contribution < -0.4 is 10.1 Å². The third kappa shape index (κ3) is 6.82. The summed E-state index contributed by atoms with van der Waals surface area (Å²) >= 11 is 0. The van der Waals surface area contributed by atoms with E-state index in [0.717, 1.165) is 37.8 Å². The smallest absolute Gasteiger partial charge is 0.406 e. The number of alkyl halides is 3. The topological polar surface area (TPSA) is 97.7 Å². The molecule has 0 spiro atoms. The number of halogens is 3. The predicted octanol–water partition coefficient (Wildman–Crippen LogP) is 4.35. The van der Waals surface area contributed by atoms with Crippen molar-refractivity contribution in [3.63, 3.8) is 0 Å². The zero-order chi connectivity index (χ0) is 26.6. The summed E-state index contributed by atoms with van der Waals surface area (Å²) in [6.07, 6.45) is 0.552. The van der Waals surface area contributed by atoms with Crippen LogP contribution in [0.2, 0.25) is 0 Å². The Kier molecular flexibility index (Phi) is 7.76. The summed E-state index contributed by atoms with van der Waals surface area (Å²) in [5.41, 5.74) is 0.671. The number of nitrogens with zero attached hydrogens (tertiary/aromatic N) is 2. The largest absolute Gasteiger partial charge is 0.573 e. The number of carbonyl (C=O) groups excluding carboxylic acids is 2. The second-order valence-corrected chi connectivity index (χ2v) is 10.8. The van der Waals surface area contributed by atoms with Crippen LogP contribution in [-0.4, -0.2) is 54.9 Å². The number of ether oxygens (including phenoxy) is 1. The Hall–Kier alpha value is -3.54. The zero-order valence-electron chi connectivity index (χ0n) is 19.8. The number of rotatable bonds is 7. The van der Waals surface area contributed by atoms with Crippen LogP contribution in [0.3, 0.4) is 0 Å². The molecule has 12 heteroatoms. The first-order chi connectivity index (χ1) is 17.5. The third-order valence-electron chi connectivity index (χ3n) is 6.04. The van der Waals surface area contributed by atoms with Gasteiger partial charge < -0.3 is 19.5 Å². The number of fused-ring (bicyclic) bond motifs is 1. The molecule has 1 aliphatic rings. The molecule has 1 fully saturated rings. The summed E-state index contributed by atoms with van der Waals surface area (Å²) in [4.78, 5) is 27.2. The molecule has 198 valence electrons. The Morgan fingerprint density at radius 2 is 1.59 bits per heavy atom. The van der Waals surface area contributed by atoms with Crippen LogP contribution in [0.1, 0.15) is 25.7 Å². The van der Waals surface area contributed by atoms with E-state index in [1.165, 1.54) is 18.3 Å². The van der Waals surface area contributed by atoms with Gasteiger partial charge in [0.1, 0.15) is 18.0 Å². The number of benzene rings is 2. The molecule has 2 amide bonds. The lowest BCUT2D eigenvalue weighted by Gasteiger charge is -2.20. The van der Waals surface area contributed by atoms with Crippen molar-refractivity contribution in [3.05, 3.63) is 54.7 Å². The minimum absolute atomic E-state index is 0.0193. The zero-order valence-corrected chi connectivity index (χ0v) is 20.6. The van der Waals surface area contributed by atoms with Crippen LogP contribution in [0, 0.1) is 0 Å². The number of para-hydroxylation sites is 1. The molecule has 1 saturated heterocycles. The molecule has 0 radical (unpaired) electrons. The molecule has 0 bridgehead atoms. The Morgan fingerprint density at radius 3 is 2.24 bits per heavy atom. The molecule has 0 aliphatic carbocycles. The average molecular weight is 538 g/mol. The highest BCUT2D eigenvalue weighted by molar-refractivity contribution is 7.92. The number of hydrogen-bond acceptors (Lipinski definition) is 5. The second kappa shape index (κ2) is 10.8. The predicted molar refractivity (Wildman–Crippen MR) is 131 cm³/mol. The van der Waals surface area contributed by atoms with Crippen molar-refractivity contribution < 1.29 is 35.9 Å². The van der Waals surface area contributed by atoms with Crippen molar-refractivity contribution >= 4 is 38.2 Å². The number of aromatic nitrogens is 1. The van der Waals surface area contributed by atoms with Gasteiger partial charge in [0.05, 0.1) is 4.90 Å². The van der Waals surface area contributed by atoms with Crippen LogP contribution >= 0.6 is 0 Å². The lowest BCUT2D eigenvalue weighted by atomic mass is 10.2. The normalized spacial score (nSPS) is 14.8. The van der Waals surface area contributed by atoms with Crippen molar-refractivity contribution in [2.24, 2.45) is 0 Å². The van der Waals surface area contributed by atoms with Crippen molar-refractivity contribution in [2.75, 3.05) is 24.2 Å². The monoisotopic (exact) mass is 537 g/mol. The van der Waals surface area contributed by atoms with E-state index in [2.05, 4.69) is 10.1 Å². The standard InChI is InChI=1S/C25H26F3N3O5S/c26-25(27,28)36-19-11-9-18(10-12-19)29-23(32)17-37(34,35)22-15-31(21-8-4-3-7-20(21)22)16-24(33)30-13-5-1-2-6-14-30/h3-4,7-12,15H,1-2,5-6,13-14,16-17H2,(H,29,32). The van der Waals surface area contributed by atoms with Crippen LogP contribution in [0.15, 0.2) is 59.6 Å². The molecule has 1 aromatic heterocycles. The maximum Gasteiger partial charge on any atom is 0.573 e. The molecule has 4 rings (SSSR count). The van der Waals surface area contributed by atoms with Crippen LogP contribution in [0.25, 0.3) is 10.9 Å². The molecule has 1 N–H and O–H groups in total. The average Bonchev–Trinajstić information content (AvgIpc) is 2.99. The number of sulfone groups is 1.